The fourth-order valence-corrected chi connectivity index (χ4v) is 3.52. The summed E-state index contributed by atoms with van der Waals surface area (Å²) in [4.78, 5) is 14.4. The Hall–Kier alpha value is -2.01. The summed E-state index contributed by atoms with van der Waals surface area (Å²) in [6.45, 7) is 6.09. The number of rotatable bonds is 6. The first-order valence-corrected chi connectivity index (χ1v) is 8.43. The molecule has 0 aliphatic heterocycles. The summed E-state index contributed by atoms with van der Waals surface area (Å²) >= 11 is 1.53. The molecule has 0 spiro atoms. The number of thiophene rings is 1. The molecule has 1 N–H and O–H groups in total. The van der Waals surface area contributed by atoms with E-state index in [4.69, 9.17) is 9.47 Å². The van der Waals surface area contributed by atoms with Gasteiger partial charge in [0.2, 0.25) is 0 Å². The summed E-state index contributed by atoms with van der Waals surface area (Å²) in [6, 6.07) is 7.38. The third-order valence-electron chi connectivity index (χ3n) is 3.88. The van der Waals surface area contributed by atoms with E-state index in [2.05, 4.69) is 19.2 Å². The van der Waals surface area contributed by atoms with Crippen LogP contribution >= 0.6 is 11.3 Å². The molecule has 1 amide bonds. The normalized spacial score (nSPS) is 11.9. The zero-order valence-electron chi connectivity index (χ0n) is 14.2. The summed E-state index contributed by atoms with van der Waals surface area (Å²) in [5.41, 5.74) is 2.12. The molecular weight excluding hydrogens is 310 g/mol. The Kier molecular flexibility index (Phi) is 5.66. The van der Waals surface area contributed by atoms with Crippen molar-refractivity contribution in [3.63, 3.8) is 0 Å². The first-order valence-electron chi connectivity index (χ1n) is 7.62. The van der Waals surface area contributed by atoms with Gasteiger partial charge in [0.1, 0.15) is 11.5 Å². The highest BCUT2D eigenvalue weighted by Crippen LogP contribution is 2.30. The van der Waals surface area contributed by atoms with Crippen LogP contribution in [0, 0.1) is 6.92 Å². The van der Waals surface area contributed by atoms with E-state index in [0.29, 0.717) is 0 Å². The third kappa shape index (κ3) is 3.85. The van der Waals surface area contributed by atoms with Crippen molar-refractivity contribution in [3.8, 4) is 11.5 Å². The molecule has 0 fully saturated rings. The van der Waals surface area contributed by atoms with Crippen LogP contribution in [0.2, 0.25) is 0 Å². The van der Waals surface area contributed by atoms with Gasteiger partial charge in [-0.2, -0.15) is 0 Å². The van der Waals surface area contributed by atoms with E-state index in [-0.39, 0.29) is 11.9 Å². The molecule has 1 aromatic carbocycles. The predicted octanol–water partition coefficient (Wildman–Crippen LogP) is 4.13. The molecule has 0 saturated heterocycles. The highest BCUT2D eigenvalue weighted by molar-refractivity contribution is 7.14. The second-order valence-electron chi connectivity index (χ2n) is 5.35. The maximum absolute atomic E-state index is 12.5. The molecule has 1 aromatic heterocycles. The number of benzene rings is 1. The van der Waals surface area contributed by atoms with Gasteiger partial charge in [-0.25, -0.2) is 0 Å². The van der Waals surface area contributed by atoms with Gasteiger partial charge < -0.3 is 14.8 Å². The minimum Gasteiger partial charge on any atom is -0.497 e. The summed E-state index contributed by atoms with van der Waals surface area (Å²) in [7, 11) is 3.24. The Labute approximate surface area is 141 Å². The number of hydrogen-bond donors (Lipinski definition) is 1. The number of carbonyl (C=O) groups is 1. The van der Waals surface area contributed by atoms with Gasteiger partial charge in [0.05, 0.1) is 25.1 Å². The molecule has 4 nitrogen and oxygen atoms in total. The average Bonchev–Trinajstić information content (AvgIpc) is 2.95. The molecular formula is C18H23NO3S. The lowest BCUT2D eigenvalue weighted by molar-refractivity contribution is 0.0943. The molecule has 124 valence electrons. The number of amides is 1. The molecule has 0 radical (unpaired) electrons. The SMILES string of the molecule is CCc1cc(C(=O)N[C@H](C)c2cc(OC)ccc2OC)sc1C. The van der Waals surface area contributed by atoms with Crippen LogP contribution in [0.5, 0.6) is 11.5 Å². The molecule has 2 rings (SSSR count). The fraction of sp³-hybridized carbons (Fsp3) is 0.389. The Morgan fingerprint density at radius 3 is 2.57 bits per heavy atom. The molecule has 5 heteroatoms. The van der Waals surface area contributed by atoms with Crippen LogP contribution in [0.3, 0.4) is 0 Å². The first kappa shape index (κ1) is 17.3. The molecule has 0 saturated carbocycles. The quantitative estimate of drug-likeness (QED) is 0.865. The number of methoxy groups -OCH3 is 2. The van der Waals surface area contributed by atoms with Crippen LogP contribution in [0.4, 0.5) is 0 Å². The Morgan fingerprint density at radius 1 is 1.26 bits per heavy atom. The molecule has 0 aliphatic rings. The third-order valence-corrected chi connectivity index (χ3v) is 4.97. The summed E-state index contributed by atoms with van der Waals surface area (Å²) in [5, 5.41) is 3.04. The highest BCUT2D eigenvalue weighted by Gasteiger charge is 2.18. The van der Waals surface area contributed by atoms with Gasteiger partial charge >= 0.3 is 0 Å². The van der Waals surface area contributed by atoms with Crippen LogP contribution in [0.1, 0.15) is 45.6 Å². The lowest BCUT2D eigenvalue weighted by atomic mass is 10.1. The van der Waals surface area contributed by atoms with Crippen molar-refractivity contribution in [3.05, 3.63) is 45.1 Å². The van der Waals surface area contributed by atoms with E-state index in [0.717, 1.165) is 28.4 Å². The van der Waals surface area contributed by atoms with Crippen LogP contribution < -0.4 is 14.8 Å². The molecule has 0 bridgehead atoms. The molecule has 0 unspecified atom stereocenters. The van der Waals surface area contributed by atoms with Crippen LogP contribution in [-0.2, 0) is 6.42 Å². The van der Waals surface area contributed by atoms with Crippen molar-refractivity contribution in [2.75, 3.05) is 14.2 Å². The van der Waals surface area contributed by atoms with Gasteiger partial charge in [0, 0.05) is 10.4 Å². The topological polar surface area (TPSA) is 47.6 Å². The van der Waals surface area contributed by atoms with Crippen molar-refractivity contribution in [1.29, 1.82) is 0 Å². The number of hydrogen-bond acceptors (Lipinski definition) is 4. The van der Waals surface area contributed by atoms with Crippen LogP contribution in [0.25, 0.3) is 0 Å². The van der Waals surface area contributed by atoms with Crippen molar-refractivity contribution in [2.24, 2.45) is 0 Å². The summed E-state index contributed by atoms with van der Waals surface area (Å²) in [6.07, 6.45) is 0.939. The fourth-order valence-electron chi connectivity index (χ4n) is 2.51. The van der Waals surface area contributed by atoms with E-state index < -0.39 is 0 Å². The smallest absolute Gasteiger partial charge is 0.261 e. The number of carbonyl (C=O) groups excluding carboxylic acids is 1. The minimum absolute atomic E-state index is 0.0600. The number of nitrogens with one attached hydrogen (secondary N) is 1. The maximum Gasteiger partial charge on any atom is 0.261 e. The summed E-state index contributed by atoms with van der Waals surface area (Å²) in [5.74, 6) is 1.41. The van der Waals surface area contributed by atoms with E-state index >= 15 is 0 Å². The van der Waals surface area contributed by atoms with Crippen molar-refractivity contribution in [1.82, 2.24) is 5.32 Å². The Balaban J connectivity index is 2.20. The molecule has 1 atom stereocenters. The van der Waals surface area contributed by atoms with Gasteiger partial charge in [-0.1, -0.05) is 6.92 Å². The second kappa shape index (κ2) is 7.51. The van der Waals surface area contributed by atoms with Crippen molar-refractivity contribution in [2.45, 2.75) is 33.2 Å². The van der Waals surface area contributed by atoms with Gasteiger partial charge in [-0.15, -0.1) is 11.3 Å². The van der Waals surface area contributed by atoms with Gasteiger partial charge in [0.15, 0.2) is 0 Å². The second-order valence-corrected chi connectivity index (χ2v) is 6.60. The van der Waals surface area contributed by atoms with Gasteiger partial charge in [-0.05, 0) is 50.1 Å². The van der Waals surface area contributed by atoms with Crippen LogP contribution in [-0.4, -0.2) is 20.1 Å². The maximum atomic E-state index is 12.5. The first-order chi connectivity index (χ1) is 11.0. The molecule has 2 aromatic rings. The van der Waals surface area contributed by atoms with Crippen LogP contribution in [0.15, 0.2) is 24.3 Å². The zero-order valence-corrected chi connectivity index (χ0v) is 15.0. The van der Waals surface area contributed by atoms with E-state index in [9.17, 15) is 4.79 Å². The highest BCUT2D eigenvalue weighted by atomic mass is 32.1. The van der Waals surface area contributed by atoms with Gasteiger partial charge in [-0.3, -0.25) is 4.79 Å². The van der Waals surface area contributed by atoms with Crippen molar-refractivity contribution < 1.29 is 14.3 Å². The number of ether oxygens (including phenoxy) is 2. The number of aryl methyl sites for hydroxylation is 2. The standard InChI is InChI=1S/C18H23NO3S/c1-6-13-9-17(23-12(13)3)18(20)19-11(2)15-10-14(21-4)7-8-16(15)22-5/h7-11H,6H2,1-5H3,(H,19,20)/t11-/m1/s1. The predicted molar refractivity (Wildman–Crippen MR) is 93.9 cm³/mol. The van der Waals surface area contributed by atoms with E-state index in [1.54, 1.807) is 14.2 Å². The Bertz CT molecular complexity index is 694. The molecule has 23 heavy (non-hydrogen) atoms. The lowest BCUT2D eigenvalue weighted by Gasteiger charge is -2.18. The monoisotopic (exact) mass is 333 g/mol. The lowest BCUT2D eigenvalue weighted by Crippen LogP contribution is -2.26. The molecule has 1 heterocycles. The molecule has 0 aliphatic carbocycles. The zero-order chi connectivity index (χ0) is 17.0. The van der Waals surface area contributed by atoms with E-state index in [1.165, 1.54) is 21.8 Å². The Morgan fingerprint density at radius 2 is 2.00 bits per heavy atom. The largest absolute Gasteiger partial charge is 0.497 e. The minimum atomic E-state index is -0.181. The van der Waals surface area contributed by atoms with Crippen molar-refractivity contribution >= 4 is 17.2 Å². The summed E-state index contributed by atoms with van der Waals surface area (Å²) < 4.78 is 10.7. The van der Waals surface area contributed by atoms with Gasteiger partial charge in [0.25, 0.3) is 5.91 Å². The van der Waals surface area contributed by atoms with E-state index in [1.807, 2.05) is 31.2 Å². The average molecular weight is 333 g/mol.